The third kappa shape index (κ3) is 1.78. The summed E-state index contributed by atoms with van der Waals surface area (Å²) in [5, 5.41) is 0. The maximum atomic E-state index is 11.2. The molecular formula is C14H11BrN2O. The first-order chi connectivity index (χ1) is 8.65. The van der Waals surface area contributed by atoms with Gasteiger partial charge in [0.25, 0.3) is 0 Å². The summed E-state index contributed by atoms with van der Waals surface area (Å²) in [6.07, 6.45) is 0. The molecule has 0 aliphatic heterocycles. The van der Waals surface area contributed by atoms with Gasteiger partial charge in [0.05, 0.1) is 11.0 Å². The molecule has 18 heavy (non-hydrogen) atoms. The van der Waals surface area contributed by atoms with E-state index in [0.29, 0.717) is 0 Å². The van der Waals surface area contributed by atoms with Crippen LogP contribution >= 0.6 is 15.9 Å². The SMILES string of the molecule is Cc1c(Br)cccc1-c1ccc2[nH]c(=O)[nH]c2c1. The molecule has 0 aliphatic carbocycles. The fourth-order valence-electron chi connectivity index (χ4n) is 2.12. The van der Waals surface area contributed by atoms with E-state index in [-0.39, 0.29) is 5.69 Å². The number of nitrogens with one attached hydrogen (secondary N) is 2. The number of rotatable bonds is 1. The number of hydrogen-bond acceptors (Lipinski definition) is 1. The second-order valence-corrected chi connectivity index (χ2v) is 5.11. The van der Waals surface area contributed by atoms with E-state index in [4.69, 9.17) is 0 Å². The lowest BCUT2D eigenvalue weighted by Crippen LogP contribution is -1.99. The van der Waals surface area contributed by atoms with Gasteiger partial charge in [0.1, 0.15) is 0 Å². The van der Waals surface area contributed by atoms with E-state index in [1.54, 1.807) is 0 Å². The van der Waals surface area contributed by atoms with Crippen molar-refractivity contribution in [2.24, 2.45) is 0 Å². The van der Waals surface area contributed by atoms with Crippen molar-refractivity contribution in [2.45, 2.75) is 6.92 Å². The van der Waals surface area contributed by atoms with E-state index < -0.39 is 0 Å². The minimum Gasteiger partial charge on any atom is -0.306 e. The smallest absolute Gasteiger partial charge is 0.306 e. The lowest BCUT2D eigenvalue weighted by Gasteiger charge is -2.07. The molecule has 0 amide bonds. The molecule has 2 aromatic carbocycles. The van der Waals surface area contributed by atoms with Crippen molar-refractivity contribution in [2.75, 3.05) is 0 Å². The molecule has 1 heterocycles. The van der Waals surface area contributed by atoms with Crippen molar-refractivity contribution < 1.29 is 0 Å². The molecule has 0 radical (unpaired) electrons. The van der Waals surface area contributed by atoms with Crippen LogP contribution in [-0.2, 0) is 0 Å². The Morgan fingerprint density at radius 2 is 1.83 bits per heavy atom. The number of aromatic amines is 2. The topological polar surface area (TPSA) is 48.6 Å². The molecule has 0 bridgehead atoms. The standard InChI is InChI=1S/C14H11BrN2O/c1-8-10(3-2-4-11(8)15)9-5-6-12-13(7-9)17-14(18)16-12/h2-7H,1H3,(H2,16,17,18). The lowest BCUT2D eigenvalue weighted by atomic mass is 10.0. The van der Waals surface area contributed by atoms with Crippen molar-refractivity contribution in [3.63, 3.8) is 0 Å². The zero-order chi connectivity index (χ0) is 12.7. The molecule has 0 saturated carbocycles. The summed E-state index contributed by atoms with van der Waals surface area (Å²) in [7, 11) is 0. The van der Waals surface area contributed by atoms with E-state index in [9.17, 15) is 4.79 Å². The molecular weight excluding hydrogens is 292 g/mol. The fourth-order valence-corrected chi connectivity index (χ4v) is 2.49. The lowest BCUT2D eigenvalue weighted by molar-refractivity contribution is 1.22. The Labute approximate surface area is 112 Å². The quantitative estimate of drug-likeness (QED) is 0.709. The van der Waals surface area contributed by atoms with Crippen LogP contribution in [0.4, 0.5) is 0 Å². The Bertz CT molecular complexity index is 786. The molecule has 0 atom stereocenters. The molecule has 90 valence electrons. The van der Waals surface area contributed by atoms with Gasteiger partial charge in [-0.25, -0.2) is 4.79 Å². The van der Waals surface area contributed by atoms with Crippen LogP contribution in [0.25, 0.3) is 22.2 Å². The molecule has 2 N–H and O–H groups in total. The maximum absolute atomic E-state index is 11.2. The molecule has 0 aliphatic rings. The predicted molar refractivity (Wildman–Crippen MR) is 76.8 cm³/mol. The summed E-state index contributed by atoms with van der Waals surface area (Å²) in [5.74, 6) is 0. The average Bonchev–Trinajstić information content (AvgIpc) is 2.71. The van der Waals surface area contributed by atoms with Gasteiger partial charge in [0, 0.05) is 4.47 Å². The van der Waals surface area contributed by atoms with Crippen molar-refractivity contribution in [3.05, 3.63) is 56.9 Å². The first kappa shape index (κ1) is 11.3. The van der Waals surface area contributed by atoms with Crippen molar-refractivity contribution in [3.8, 4) is 11.1 Å². The highest BCUT2D eigenvalue weighted by atomic mass is 79.9. The summed E-state index contributed by atoms with van der Waals surface area (Å²) >= 11 is 3.53. The van der Waals surface area contributed by atoms with Crippen LogP contribution in [-0.4, -0.2) is 9.97 Å². The molecule has 1 aromatic heterocycles. The molecule has 3 aromatic rings. The Hall–Kier alpha value is -1.81. The van der Waals surface area contributed by atoms with Crippen molar-refractivity contribution in [1.29, 1.82) is 0 Å². The van der Waals surface area contributed by atoms with Gasteiger partial charge in [-0.2, -0.15) is 0 Å². The summed E-state index contributed by atoms with van der Waals surface area (Å²) in [5.41, 5.74) is 4.93. The summed E-state index contributed by atoms with van der Waals surface area (Å²) < 4.78 is 1.09. The Morgan fingerprint density at radius 3 is 2.67 bits per heavy atom. The van der Waals surface area contributed by atoms with Gasteiger partial charge in [-0.3, -0.25) is 0 Å². The van der Waals surface area contributed by atoms with Crippen molar-refractivity contribution in [1.82, 2.24) is 9.97 Å². The second-order valence-electron chi connectivity index (χ2n) is 4.25. The van der Waals surface area contributed by atoms with Crippen LogP contribution < -0.4 is 5.69 Å². The predicted octanol–water partition coefficient (Wildman–Crippen LogP) is 3.59. The average molecular weight is 303 g/mol. The molecule has 0 saturated heterocycles. The number of H-pyrrole nitrogens is 2. The highest BCUT2D eigenvalue weighted by molar-refractivity contribution is 9.10. The fraction of sp³-hybridized carbons (Fsp3) is 0.0714. The summed E-state index contributed by atoms with van der Waals surface area (Å²) in [4.78, 5) is 16.8. The third-order valence-electron chi connectivity index (χ3n) is 3.09. The van der Waals surface area contributed by atoms with E-state index >= 15 is 0 Å². The number of hydrogen-bond donors (Lipinski definition) is 2. The maximum Gasteiger partial charge on any atom is 0.323 e. The zero-order valence-corrected chi connectivity index (χ0v) is 11.3. The van der Waals surface area contributed by atoms with Crippen LogP contribution in [0.1, 0.15) is 5.56 Å². The minimum atomic E-state index is -0.173. The highest BCUT2D eigenvalue weighted by Crippen LogP contribution is 2.29. The third-order valence-corrected chi connectivity index (χ3v) is 3.95. The van der Waals surface area contributed by atoms with E-state index in [0.717, 1.165) is 26.6 Å². The molecule has 4 heteroatoms. The highest BCUT2D eigenvalue weighted by Gasteiger charge is 2.06. The molecule has 3 rings (SSSR count). The van der Waals surface area contributed by atoms with Crippen LogP contribution in [0.3, 0.4) is 0 Å². The van der Waals surface area contributed by atoms with Crippen LogP contribution in [0, 0.1) is 6.92 Å². The largest absolute Gasteiger partial charge is 0.323 e. The van der Waals surface area contributed by atoms with E-state index in [2.05, 4.69) is 38.9 Å². The van der Waals surface area contributed by atoms with Gasteiger partial charge in [-0.05, 0) is 41.8 Å². The molecule has 0 fully saturated rings. The van der Waals surface area contributed by atoms with Crippen LogP contribution in [0.5, 0.6) is 0 Å². The van der Waals surface area contributed by atoms with Gasteiger partial charge >= 0.3 is 5.69 Å². The van der Waals surface area contributed by atoms with Gasteiger partial charge in [0.2, 0.25) is 0 Å². The Morgan fingerprint density at radius 1 is 1.06 bits per heavy atom. The Kier molecular flexibility index (Phi) is 2.59. The van der Waals surface area contributed by atoms with E-state index in [1.165, 1.54) is 5.56 Å². The number of imidazole rings is 1. The van der Waals surface area contributed by atoms with Gasteiger partial charge in [-0.15, -0.1) is 0 Å². The molecule has 0 spiro atoms. The normalized spacial score (nSPS) is 11.0. The number of fused-ring (bicyclic) bond motifs is 1. The molecule has 3 nitrogen and oxygen atoms in total. The van der Waals surface area contributed by atoms with Gasteiger partial charge in [0.15, 0.2) is 0 Å². The number of benzene rings is 2. The first-order valence-electron chi connectivity index (χ1n) is 5.63. The van der Waals surface area contributed by atoms with E-state index in [1.807, 2.05) is 30.3 Å². The van der Waals surface area contributed by atoms with Gasteiger partial charge in [-0.1, -0.05) is 34.1 Å². The zero-order valence-electron chi connectivity index (χ0n) is 9.75. The van der Waals surface area contributed by atoms with Crippen molar-refractivity contribution >= 4 is 27.0 Å². The minimum absolute atomic E-state index is 0.173. The van der Waals surface area contributed by atoms with Crippen LogP contribution in [0.2, 0.25) is 0 Å². The Balaban J connectivity index is 2.25. The molecule has 0 unspecified atom stereocenters. The van der Waals surface area contributed by atoms with Crippen LogP contribution in [0.15, 0.2) is 45.7 Å². The summed E-state index contributed by atoms with van der Waals surface area (Å²) in [6, 6.07) is 12.0. The number of aromatic nitrogens is 2. The van der Waals surface area contributed by atoms with Gasteiger partial charge < -0.3 is 9.97 Å². The monoisotopic (exact) mass is 302 g/mol. The number of halogens is 1. The second kappa shape index (κ2) is 4.14. The first-order valence-corrected chi connectivity index (χ1v) is 6.42. The summed E-state index contributed by atoms with van der Waals surface area (Å²) in [6.45, 7) is 2.07.